The highest BCUT2D eigenvalue weighted by atomic mass is 16.4. The van der Waals surface area contributed by atoms with E-state index in [1.165, 1.54) is 0 Å². The Morgan fingerprint density at radius 1 is 1.14 bits per heavy atom. The maximum atomic E-state index is 9.74. The molecule has 0 saturated heterocycles. The van der Waals surface area contributed by atoms with Crippen molar-refractivity contribution in [3.8, 4) is 5.75 Å². The summed E-state index contributed by atoms with van der Waals surface area (Å²) in [6.07, 6.45) is 1.67. The second kappa shape index (κ2) is 6.01. The number of anilines is 1. The summed E-state index contributed by atoms with van der Waals surface area (Å²) in [6.45, 7) is 4.34. The molecule has 3 rings (SSSR count). The number of aryl methyl sites for hydroxylation is 3. The maximum Gasteiger partial charge on any atom is 0.252 e. The minimum atomic E-state index is 0.342. The molecule has 6 nitrogen and oxygen atoms in total. The number of aromatic hydroxyl groups is 1. The van der Waals surface area contributed by atoms with Gasteiger partial charge in [-0.3, -0.25) is 0 Å². The van der Waals surface area contributed by atoms with Crippen LogP contribution in [0.2, 0.25) is 0 Å². The van der Waals surface area contributed by atoms with Gasteiger partial charge in [-0.1, -0.05) is 18.2 Å². The van der Waals surface area contributed by atoms with Gasteiger partial charge in [0.1, 0.15) is 11.6 Å². The number of nitrogens with zero attached hydrogens (tertiary/aromatic N) is 3. The zero-order valence-corrected chi connectivity index (χ0v) is 12.6. The van der Waals surface area contributed by atoms with Crippen molar-refractivity contribution < 1.29 is 9.52 Å². The lowest BCUT2D eigenvalue weighted by atomic mass is 10.1. The van der Waals surface area contributed by atoms with Crippen molar-refractivity contribution in [2.75, 3.05) is 11.9 Å². The smallest absolute Gasteiger partial charge is 0.252 e. The average Bonchev–Trinajstić information content (AvgIpc) is 2.85. The first kappa shape index (κ1) is 14.3. The monoisotopic (exact) mass is 298 g/mol. The van der Waals surface area contributed by atoms with Gasteiger partial charge in [0.15, 0.2) is 17.2 Å². The van der Waals surface area contributed by atoms with Gasteiger partial charge in [-0.15, -0.1) is 0 Å². The van der Waals surface area contributed by atoms with Gasteiger partial charge in [0.05, 0.1) is 0 Å². The Kier molecular flexibility index (Phi) is 3.91. The number of hydrogen-bond donors (Lipinski definition) is 2. The first-order valence-corrected chi connectivity index (χ1v) is 7.26. The Morgan fingerprint density at radius 2 is 1.95 bits per heavy atom. The summed E-state index contributed by atoms with van der Waals surface area (Å²) in [5.74, 6) is 2.26. The molecule has 3 aromatic rings. The van der Waals surface area contributed by atoms with Crippen LogP contribution < -0.4 is 5.32 Å². The van der Waals surface area contributed by atoms with Crippen LogP contribution in [0, 0.1) is 13.8 Å². The predicted octanol–water partition coefficient (Wildman–Crippen LogP) is 2.98. The number of aromatic nitrogens is 3. The summed E-state index contributed by atoms with van der Waals surface area (Å²) >= 11 is 0. The lowest BCUT2D eigenvalue weighted by Gasteiger charge is -2.07. The molecule has 0 saturated carbocycles. The third-order valence-corrected chi connectivity index (χ3v) is 3.38. The maximum absolute atomic E-state index is 9.74. The minimum Gasteiger partial charge on any atom is -0.508 e. The molecule has 0 fully saturated rings. The first-order valence-electron chi connectivity index (χ1n) is 7.26. The van der Waals surface area contributed by atoms with Crippen molar-refractivity contribution >= 4 is 17.0 Å². The number of rotatable bonds is 5. The largest absolute Gasteiger partial charge is 0.508 e. The van der Waals surface area contributed by atoms with Crippen LogP contribution in [0.1, 0.15) is 23.7 Å². The zero-order valence-electron chi connectivity index (χ0n) is 12.6. The number of benzene rings is 1. The molecule has 0 aliphatic carbocycles. The van der Waals surface area contributed by atoms with Gasteiger partial charge < -0.3 is 14.8 Å². The molecule has 0 aliphatic heterocycles. The standard InChI is InChI=1S/C16H18N4O2/c1-10-18-15(14-16(19-10)22-11(2)20-14)17-9-5-7-12-6-3-4-8-13(12)21/h3-4,6,8,21H,5,7,9H2,1-2H3,(H,17,18,19). The van der Waals surface area contributed by atoms with Gasteiger partial charge in [0.25, 0.3) is 5.71 Å². The van der Waals surface area contributed by atoms with Crippen molar-refractivity contribution in [1.82, 2.24) is 15.0 Å². The molecule has 2 N–H and O–H groups in total. The quantitative estimate of drug-likeness (QED) is 0.704. The van der Waals surface area contributed by atoms with Crippen LogP contribution in [-0.4, -0.2) is 26.6 Å². The molecule has 0 spiro atoms. The first-order chi connectivity index (χ1) is 10.6. The predicted molar refractivity (Wildman–Crippen MR) is 84.0 cm³/mol. The molecule has 114 valence electrons. The van der Waals surface area contributed by atoms with Crippen LogP contribution in [0.25, 0.3) is 11.2 Å². The van der Waals surface area contributed by atoms with E-state index in [-0.39, 0.29) is 0 Å². The third kappa shape index (κ3) is 3.00. The van der Waals surface area contributed by atoms with Crippen molar-refractivity contribution in [2.24, 2.45) is 0 Å². The Labute approximate surface area is 128 Å². The van der Waals surface area contributed by atoms with E-state index in [9.17, 15) is 5.11 Å². The summed E-state index contributed by atoms with van der Waals surface area (Å²) in [5, 5.41) is 13.0. The molecule has 0 atom stereocenters. The van der Waals surface area contributed by atoms with E-state index in [1.807, 2.05) is 25.1 Å². The van der Waals surface area contributed by atoms with Crippen LogP contribution in [0.15, 0.2) is 28.7 Å². The number of oxazole rings is 1. The van der Waals surface area contributed by atoms with Crippen molar-refractivity contribution in [1.29, 1.82) is 0 Å². The number of phenolic OH excluding ortho intramolecular Hbond substituents is 1. The fraction of sp³-hybridized carbons (Fsp3) is 0.312. The van der Waals surface area contributed by atoms with Gasteiger partial charge in [-0.05, 0) is 31.4 Å². The van der Waals surface area contributed by atoms with Crippen molar-refractivity contribution in [3.63, 3.8) is 0 Å². The fourth-order valence-corrected chi connectivity index (χ4v) is 2.36. The fourth-order valence-electron chi connectivity index (χ4n) is 2.36. The van der Waals surface area contributed by atoms with E-state index < -0.39 is 0 Å². The zero-order chi connectivity index (χ0) is 15.5. The van der Waals surface area contributed by atoms with Crippen LogP contribution in [-0.2, 0) is 6.42 Å². The van der Waals surface area contributed by atoms with Gasteiger partial charge in [-0.25, -0.2) is 9.97 Å². The number of fused-ring (bicyclic) bond motifs is 1. The summed E-state index contributed by atoms with van der Waals surface area (Å²) in [5.41, 5.74) is 2.12. The van der Waals surface area contributed by atoms with Crippen LogP contribution in [0.3, 0.4) is 0 Å². The van der Waals surface area contributed by atoms with Gasteiger partial charge in [0.2, 0.25) is 0 Å². The Morgan fingerprint density at radius 3 is 2.77 bits per heavy atom. The lowest BCUT2D eigenvalue weighted by molar-refractivity contribution is 0.467. The molecule has 0 bridgehead atoms. The highest BCUT2D eigenvalue weighted by Gasteiger charge is 2.11. The van der Waals surface area contributed by atoms with Gasteiger partial charge in [0, 0.05) is 13.5 Å². The summed E-state index contributed by atoms with van der Waals surface area (Å²) in [4.78, 5) is 12.9. The molecule has 6 heteroatoms. The molecule has 0 aliphatic rings. The number of hydrogen-bond acceptors (Lipinski definition) is 6. The van der Waals surface area contributed by atoms with Crippen LogP contribution in [0.4, 0.5) is 5.82 Å². The molecule has 2 heterocycles. The molecule has 0 unspecified atom stereocenters. The van der Waals surface area contributed by atoms with E-state index in [0.29, 0.717) is 34.5 Å². The molecule has 0 radical (unpaired) electrons. The van der Waals surface area contributed by atoms with Crippen molar-refractivity contribution in [3.05, 3.63) is 41.5 Å². The second-order valence-electron chi connectivity index (χ2n) is 5.17. The highest BCUT2D eigenvalue weighted by molar-refractivity contribution is 5.81. The van der Waals surface area contributed by atoms with E-state index in [0.717, 1.165) is 24.9 Å². The summed E-state index contributed by atoms with van der Waals surface area (Å²) in [6, 6.07) is 7.39. The second-order valence-corrected chi connectivity index (χ2v) is 5.17. The lowest BCUT2D eigenvalue weighted by Crippen LogP contribution is -2.06. The van der Waals surface area contributed by atoms with E-state index in [4.69, 9.17) is 4.42 Å². The molecular weight excluding hydrogens is 280 g/mol. The van der Waals surface area contributed by atoms with Gasteiger partial charge in [-0.2, -0.15) is 4.98 Å². The Hall–Kier alpha value is -2.63. The molecular formula is C16H18N4O2. The van der Waals surface area contributed by atoms with E-state index >= 15 is 0 Å². The number of phenols is 1. The molecule has 0 amide bonds. The van der Waals surface area contributed by atoms with Gasteiger partial charge >= 0.3 is 0 Å². The molecule has 1 aromatic carbocycles. The van der Waals surface area contributed by atoms with E-state index in [1.54, 1.807) is 13.0 Å². The molecule has 22 heavy (non-hydrogen) atoms. The van der Waals surface area contributed by atoms with E-state index in [2.05, 4.69) is 20.3 Å². The van der Waals surface area contributed by atoms with Crippen LogP contribution >= 0.6 is 0 Å². The average molecular weight is 298 g/mol. The highest BCUT2D eigenvalue weighted by Crippen LogP contribution is 2.21. The van der Waals surface area contributed by atoms with Crippen LogP contribution in [0.5, 0.6) is 5.75 Å². The number of para-hydroxylation sites is 1. The Balaban J connectivity index is 1.66. The number of nitrogens with one attached hydrogen (secondary N) is 1. The summed E-state index contributed by atoms with van der Waals surface area (Å²) < 4.78 is 5.45. The van der Waals surface area contributed by atoms with Crippen molar-refractivity contribution in [2.45, 2.75) is 26.7 Å². The topological polar surface area (TPSA) is 84.1 Å². The normalized spacial score (nSPS) is 11.0. The SMILES string of the molecule is Cc1nc(NCCCc2ccccc2O)c2nc(C)oc2n1. The molecule has 2 aromatic heterocycles. The third-order valence-electron chi connectivity index (χ3n) is 3.38. The summed E-state index contributed by atoms with van der Waals surface area (Å²) in [7, 11) is 0. The Bertz CT molecular complexity index is 798. The minimum absolute atomic E-state index is 0.342.